The number of hydrogen-bond acceptors (Lipinski definition) is 5. The average Bonchev–Trinajstić information content (AvgIpc) is 2.24. The van der Waals surface area contributed by atoms with E-state index >= 15 is 0 Å². The Balaban J connectivity index is 2.70. The van der Waals surface area contributed by atoms with Gasteiger partial charge in [0.25, 0.3) is 0 Å². The van der Waals surface area contributed by atoms with E-state index in [1.807, 2.05) is 13.1 Å². The molecule has 5 nitrogen and oxygen atoms in total. The molecule has 0 fully saturated rings. The number of nitrogens with zero attached hydrogens (tertiary/aromatic N) is 3. The van der Waals surface area contributed by atoms with Gasteiger partial charge in [0.15, 0.2) is 6.19 Å². The van der Waals surface area contributed by atoms with Crippen LogP contribution in [0.4, 0.5) is 11.6 Å². The summed E-state index contributed by atoms with van der Waals surface area (Å²) in [6, 6.07) is 1.75. The highest BCUT2D eigenvalue weighted by Gasteiger charge is 2.19. The predicted octanol–water partition coefficient (Wildman–Crippen LogP) is 3.16. The van der Waals surface area contributed by atoms with Gasteiger partial charge in [0.2, 0.25) is 0 Å². The summed E-state index contributed by atoms with van der Waals surface area (Å²) in [6.07, 6.45) is 3.02. The monoisotopic (exact) mass is 261 g/mol. The molecule has 0 radical (unpaired) electrons. The molecule has 0 saturated carbocycles. The molecule has 1 aromatic heterocycles. The summed E-state index contributed by atoms with van der Waals surface area (Å²) in [5, 5.41) is 14.5. The quantitative estimate of drug-likeness (QED) is 0.608. The first-order valence-electron chi connectivity index (χ1n) is 6.57. The molecule has 1 heterocycles. The number of rotatable bonds is 6. The summed E-state index contributed by atoms with van der Waals surface area (Å²) in [5.41, 5.74) is 0.204. The van der Waals surface area contributed by atoms with Crippen LogP contribution in [0.1, 0.15) is 39.9 Å². The van der Waals surface area contributed by atoms with Gasteiger partial charge in [-0.05, 0) is 24.7 Å². The van der Waals surface area contributed by atoms with Crippen molar-refractivity contribution in [2.45, 2.75) is 41.0 Å². The summed E-state index contributed by atoms with van der Waals surface area (Å²) in [7, 11) is 0. The van der Waals surface area contributed by atoms with E-state index < -0.39 is 0 Å². The highest BCUT2D eigenvalue weighted by atomic mass is 15.1. The second kappa shape index (κ2) is 6.37. The average molecular weight is 261 g/mol. The molecule has 5 heteroatoms. The molecule has 104 valence electrons. The van der Waals surface area contributed by atoms with Crippen molar-refractivity contribution in [3.63, 3.8) is 0 Å². The van der Waals surface area contributed by atoms with Crippen LogP contribution in [-0.2, 0) is 0 Å². The molecule has 0 aliphatic heterocycles. The van der Waals surface area contributed by atoms with Crippen molar-refractivity contribution in [3.05, 3.63) is 11.9 Å². The van der Waals surface area contributed by atoms with Gasteiger partial charge in [0.05, 0.1) is 0 Å². The Morgan fingerprint density at radius 2 is 1.95 bits per heavy atom. The van der Waals surface area contributed by atoms with Crippen molar-refractivity contribution in [1.29, 1.82) is 5.26 Å². The summed E-state index contributed by atoms with van der Waals surface area (Å²) in [5.74, 6) is 2.59. The Morgan fingerprint density at radius 1 is 1.32 bits per heavy atom. The van der Waals surface area contributed by atoms with Crippen molar-refractivity contribution in [2.24, 2.45) is 11.3 Å². The maximum Gasteiger partial charge on any atom is 0.182 e. The zero-order chi connectivity index (χ0) is 14.5. The largest absolute Gasteiger partial charge is 0.369 e. The number of aromatic nitrogens is 2. The minimum Gasteiger partial charge on any atom is -0.369 e. The molecule has 2 N–H and O–H groups in total. The van der Waals surface area contributed by atoms with E-state index in [1.54, 1.807) is 6.07 Å². The lowest BCUT2D eigenvalue weighted by molar-refractivity contribution is 0.306. The molecule has 0 saturated heterocycles. The van der Waals surface area contributed by atoms with Crippen LogP contribution in [-0.4, -0.2) is 16.5 Å². The second-order valence-electron chi connectivity index (χ2n) is 6.04. The Kier molecular flexibility index (Phi) is 5.11. The van der Waals surface area contributed by atoms with E-state index in [-0.39, 0.29) is 5.41 Å². The van der Waals surface area contributed by atoms with Crippen molar-refractivity contribution < 1.29 is 0 Å². The summed E-state index contributed by atoms with van der Waals surface area (Å²) >= 11 is 0. The number of anilines is 2. The molecule has 0 amide bonds. The summed E-state index contributed by atoms with van der Waals surface area (Å²) in [4.78, 5) is 8.46. The highest BCUT2D eigenvalue weighted by Crippen LogP contribution is 2.25. The molecule has 0 aromatic carbocycles. The topological polar surface area (TPSA) is 73.6 Å². The van der Waals surface area contributed by atoms with Gasteiger partial charge in [-0.2, -0.15) is 5.26 Å². The van der Waals surface area contributed by atoms with Crippen LogP contribution in [0.2, 0.25) is 0 Å². The van der Waals surface area contributed by atoms with E-state index in [2.05, 4.69) is 48.3 Å². The van der Waals surface area contributed by atoms with E-state index in [4.69, 9.17) is 5.26 Å². The third-order valence-corrected chi connectivity index (χ3v) is 2.73. The lowest BCUT2D eigenvalue weighted by Gasteiger charge is -2.27. The fraction of sp³-hybridized carbons (Fsp3) is 0.643. The van der Waals surface area contributed by atoms with E-state index in [0.29, 0.717) is 17.6 Å². The normalized spacial score (nSPS) is 11.2. The van der Waals surface area contributed by atoms with Gasteiger partial charge in [-0.15, -0.1) is 0 Å². The molecular weight excluding hydrogens is 238 g/mol. The van der Waals surface area contributed by atoms with Crippen LogP contribution >= 0.6 is 0 Å². The second-order valence-corrected chi connectivity index (χ2v) is 6.04. The zero-order valence-corrected chi connectivity index (χ0v) is 12.4. The fourth-order valence-corrected chi connectivity index (χ4v) is 2.29. The van der Waals surface area contributed by atoms with Crippen molar-refractivity contribution >= 4 is 11.6 Å². The molecule has 0 aliphatic rings. The Hall–Kier alpha value is -1.83. The lowest BCUT2D eigenvalue weighted by Crippen LogP contribution is -2.25. The van der Waals surface area contributed by atoms with Crippen molar-refractivity contribution in [1.82, 2.24) is 9.97 Å². The number of nitriles is 1. The minimum absolute atomic E-state index is 0.204. The molecule has 1 rings (SSSR count). The maximum atomic E-state index is 8.62. The first-order valence-corrected chi connectivity index (χ1v) is 6.57. The van der Waals surface area contributed by atoms with Gasteiger partial charge in [-0.25, -0.2) is 9.97 Å². The predicted molar refractivity (Wildman–Crippen MR) is 77.7 cm³/mol. The molecule has 1 aromatic rings. The zero-order valence-electron chi connectivity index (χ0n) is 12.4. The molecule has 0 bridgehead atoms. The van der Waals surface area contributed by atoms with Gasteiger partial charge in [-0.1, -0.05) is 27.7 Å². The number of aryl methyl sites for hydroxylation is 1. The van der Waals surface area contributed by atoms with E-state index in [1.165, 1.54) is 0 Å². The van der Waals surface area contributed by atoms with Crippen molar-refractivity contribution in [2.75, 3.05) is 17.2 Å². The van der Waals surface area contributed by atoms with Gasteiger partial charge in [0.1, 0.15) is 17.5 Å². The van der Waals surface area contributed by atoms with Crippen LogP contribution in [0.3, 0.4) is 0 Å². The van der Waals surface area contributed by atoms with Gasteiger partial charge in [-0.3, -0.25) is 5.32 Å². The molecular formula is C14H23N5. The van der Waals surface area contributed by atoms with Crippen molar-refractivity contribution in [3.8, 4) is 6.19 Å². The summed E-state index contributed by atoms with van der Waals surface area (Å²) in [6.45, 7) is 11.6. The molecule has 0 unspecified atom stereocenters. The summed E-state index contributed by atoms with van der Waals surface area (Å²) < 4.78 is 0. The van der Waals surface area contributed by atoms with E-state index in [0.717, 1.165) is 18.8 Å². The SMILES string of the molecule is Cc1nc(NC#N)cc(NCC(C)(C)CC(C)C)n1. The highest BCUT2D eigenvalue weighted by molar-refractivity contribution is 5.49. The van der Waals surface area contributed by atoms with Crippen LogP contribution in [0, 0.1) is 29.7 Å². The number of nitrogens with one attached hydrogen (secondary N) is 2. The first-order chi connectivity index (χ1) is 8.82. The Labute approximate surface area is 115 Å². The smallest absolute Gasteiger partial charge is 0.182 e. The van der Waals surface area contributed by atoms with Gasteiger partial charge in [0, 0.05) is 12.6 Å². The Bertz CT molecular complexity index is 459. The maximum absolute atomic E-state index is 8.62. The Morgan fingerprint density at radius 3 is 2.53 bits per heavy atom. The minimum atomic E-state index is 0.204. The van der Waals surface area contributed by atoms with Gasteiger partial charge < -0.3 is 5.32 Å². The molecule has 0 spiro atoms. The first kappa shape index (κ1) is 15.2. The van der Waals surface area contributed by atoms with Crippen LogP contribution in [0.15, 0.2) is 6.07 Å². The van der Waals surface area contributed by atoms with Crippen LogP contribution in [0.25, 0.3) is 0 Å². The third kappa shape index (κ3) is 5.56. The number of hydrogen-bond donors (Lipinski definition) is 2. The molecule has 0 aliphatic carbocycles. The van der Waals surface area contributed by atoms with Crippen LogP contribution in [0.5, 0.6) is 0 Å². The van der Waals surface area contributed by atoms with Gasteiger partial charge >= 0.3 is 0 Å². The molecule has 0 atom stereocenters. The fourth-order valence-electron chi connectivity index (χ4n) is 2.29. The molecule has 19 heavy (non-hydrogen) atoms. The van der Waals surface area contributed by atoms with E-state index in [9.17, 15) is 0 Å². The van der Waals surface area contributed by atoms with Crippen LogP contribution < -0.4 is 10.6 Å². The standard InChI is InChI=1S/C14H23N5/c1-10(2)7-14(4,5)8-16-12-6-13(17-9-15)19-11(3)18-12/h6,10H,7-8H2,1-5H3,(H2,16,17,18,19). The lowest BCUT2D eigenvalue weighted by atomic mass is 9.84. The third-order valence-electron chi connectivity index (χ3n) is 2.73.